The van der Waals surface area contributed by atoms with Crippen molar-refractivity contribution in [2.24, 2.45) is 13.0 Å². The molecule has 6 nitrogen and oxygen atoms in total. The lowest BCUT2D eigenvalue weighted by Crippen LogP contribution is -2.31. The van der Waals surface area contributed by atoms with E-state index in [9.17, 15) is 4.79 Å². The molecule has 0 bridgehead atoms. The Morgan fingerprint density at radius 1 is 1.40 bits per heavy atom. The van der Waals surface area contributed by atoms with E-state index in [0.29, 0.717) is 24.8 Å². The molecule has 0 aliphatic carbocycles. The van der Waals surface area contributed by atoms with E-state index in [0.717, 1.165) is 5.56 Å². The monoisotopic (exact) mass is 275 g/mol. The van der Waals surface area contributed by atoms with Crippen LogP contribution in [0.5, 0.6) is 0 Å². The van der Waals surface area contributed by atoms with Crippen molar-refractivity contribution in [1.82, 2.24) is 19.3 Å². The molecule has 0 N–H and O–H groups in total. The highest BCUT2D eigenvalue weighted by atomic mass is 16.1. The Kier molecular flexibility index (Phi) is 4.22. The Morgan fingerprint density at radius 3 is 2.75 bits per heavy atom. The molecule has 6 heteroatoms. The number of hydrogen-bond acceptors (Lipinski definition) is 4. The second kappa shape index (κ2) is 5.90. The van der Waals surface area contributed by atoms with Gasteiger partial charge in [-0.05, 0) is 5.92 Å². The molecule has 0 fully saturated rings. The molecule has 0 amide bonds. The number of anilines is 1. The summed E-state index contributed by atoms with van der Waals surface area (Å²) in [6.45, 7) is 5.49. The molecular weight excluding hydrogens is 254 g/mol. The van der Waals surface area contributed by atoms with E-state index >= 15 is 0 Å². The lowest BCUT2D eigenvalue weighted by molar-refractivity contribution is 0.508. The quantitative estimate of drug-likeness (QED) is 0.824. The van der Waals surface area contributed by atoms with Crippen LogP contribution in [0.15, 0.2) is 29.6 Å². The van der Waals surface area contributed by atoms with Crippen molar-refractivity contribution in [2.75, 3.05) is 11.9 Å². The lowest BCUT2D eigenvalue weighted by atomic mass is 10.2. The third-order valence-corrected chi connectivity index (χ3v) is 3.00. The molecule has 0 aromatic carbocycles. The zero-order valence-electron chi connectivity index (χ0n) is 12.4. The average molecular weight is 275 g/mol. The van der Waals surface area contributed by atoms with Crippen LogP contribution >= 0.6 is 0 Å². The van der Waals surface area contributed by atoms with E-state index in [1.807, 2.05) is 25.2 Å². The normalized spacial score (nSPS) is 11.1. The molecule has 0 radical (unpaired) electrons. The smallest absolute Gasteiger partial charge is 0.293 e. The molecular formula is C14H21N5O. The van der Waals surface area contributed by atoms with Gasteiger partial charge in [0.05, 0.1) is 6.20 Å². The minimum Gasteiger partial charge on any atom is -0.351 e. The van der Waals surface area contributed by atoms with Crippen LogP contribution in [0.3, 0.4) is 0 Å². The molecule has 0 saturated carbocycles. The van der Waals surface area contributed by atoms with Crippen LogP contribution < -0.4 is 10.5 Å². The zero-order valence-corrected chi connectivity index (χ0v) is 12.4. The van der Waals surface area contributed by atoms with Crippen LogP contribution in [0.2, 0.25) is 0 Å². The van der Waals surface area contributed by atoms with Crippen molar-refractivity contribution in [3.63, 3.8) is 0 Å². The van der Waals surface area contributed by atoms with Gasteiger partial charge >= 0.3 is 0 Å². The highest BCUT2D eigenvalue weighted by molar-refractivity contribution is 5.35. The van der Waals surface area contributed by atoms with Crippen LogP contribution in [0.1, 0.15) is 19.4 Å². The third-order valence-electron chi connectivity index (χ3n) is 3.00. The van der Waals surface area contributed by atoms with Gasteiger partial charge in [0.15, 0.2) is 5.82 Å². The first kappa shape index (κ1) is 14.3. The van der Waals surface area contributed by atoms with E-state index in [4.69, 9.17) is 0 Å². The van der Waals surface area contributed by atoms with Crippen LogP contribution in [0.4, 0.5) is 5.82 Å². The van der Waals surface area contributed by atoms with E-state index < -0.39 is 0 Å². The fourth-order valence-electron chi connectivity index (χ4n) is 2.14. The number of hydrogen-bond donors (Lipinski definition) is 0. The molecule has 0 unspecified atom stereocenters. The van der Waals surface area contributed by atoms with E-state index in [1.54, 1.807) is 27.8 Å². The first-order chi connectivity index (χ1) is 9.47. The standard InChI is InChI=1S/C14H21N5O/c1-11(2)8-19-6-5-15-13(14(19)20)17(3)9-12-7-16-18(4)10-12/h5-7,10-11H,8-9H2,1-4H3. The van der Waals surface area contributed by atoms with Gasteiger partial charge < -0.3 is 9.47 Å². The second-order valence-electron chi connectivity index (χ2n) is 5.48. The molecule has 2 aromatic heterocycles. The first-order valence-corrected chi connectivity index (χ1v) is 6.71. The van der Waals surface area contributed by atoms with Crippen molar-refractivity contribution in [3.05, 3.63) is 40.7 Å². The maximum atomic E-state index is 12.4. The highest BCUT2D eigenvalue weighted by Gasteiger charge is 2.11. The van der Waals surface area contributed by atoms with Crippen molar-refractivity contribution in [3.8, 4) is 0 Å². The Hall–Kier alpha value is -2.11. The van der Waals surface area contributed by atoms with Gasteiger partial charge in [0.25, 0.3) is 5.56 Å². The van der Waals surface area contributed by atoms with Gasteiger partial charge in [-0.25, -0.2) is 4.98 Å². The number of aryl methyl sites for hydroxylation is 1. The summed E-state index contributed by atoms with van der Waals surface area (Å²) in [5.41, 5.74) is 1.00. The van der Waals surface area contributed by atoms with Crippen molar-refractivity contribution in [2.45, 2.75) is 26.9 Å². The van der Waals surface area contributed by atoms with Crippen molar-refractivity contribution < 1.29 is 0 Å². The summed E-state index contributed by atoms with van der Waals surface area (Å²) in [7, 11) is 3.75. The van der Waals surface area contributed by atoms with Crippen molar-refractivity contribution in [1.29, 1.82) is 0 Å². The summed E-state index contributed by atoms with van der Waals surface area (Å²) in [5.74, 6) is 0.892. The van der Waals surface area contributed by atoms with Crippen LogP contribution in [0, 0.1) is 5.92 Å². The molecule has 0 atom stereocenters. The van der Waals surface area contributed by atoms with Crippen molar-refractivity contribution >= 4 is 5.82 Å². The summed E-state index contributed by atoms with van der Waals surface area (Å²) in [4.78, 5) is 18.5. The molecule has 2 aromatic rings. The third kappa shape index (κ3) is 3.26. The highest BCUT2D eigenvalue weighted by Crippen LogP contribution is 2.08. The largest absolute Gasteiger partial charge is 0.351 e. The molecule has 2 rings (SSSR count). The fraction of sp³-hybridized carbons (Fsp3) is 0.500. The summed E-state index contributed by atoms with van der Waals surface area (Å²) >= 11 is 0. The van der Waals surface area contributed by atoms with Gasteiger partial charge in [0, 0.05) is 51.3 Å². The second-order valence-corrected chi connectivity index (χ2v) is 5.48. The minimum atomic E-state index is -0.0485. The molecule has 0 spiro atoms. The van der Waals surface area contributed by atoms with Crippen LogP contribution in [-0.4, -0.2) is 26.4 Å². The SMILES string of the molecule is CC(C)Cn1ccnc(N(C)Cc2cnn(C)c2)c1=O. The summed E-state index contributed by atoms with van der Waals surface area (Å²) in [6.07, 6.45) is 7.15. The average Bonchev–Trinajstić information content (AvgIpc) is 2.76. The topological polar surface area (TPSA) is 56.0 Å². The maximum Gasteiger partial charge on any atom is 0.293 e. The lowest BCUT2D eigenvalue weighted by Gasteiger charge is -2.18. The molecule has 2 heterocycles. The first-order valence-electron chi connectivity index (χ1n) is 6.71. The summed E-state index contributed by atoms with van der Waals surface area (Å²) in [6, 6.07) is 0. The van der Waals surface area contributed by atoms with Gasteiger partial charge in [0.2, 0.25) is 0 Å². The number of nitrogens with zero attached hydrogens (tertiary/aromatic N) is 5. The Morgan fingerprint density at radius 2 is 2.15 bits per heavy atom. The molecule has 0 saturated heterocycles. The molecule has 108 valence electrons. The van der Waals surface area contributed by atoms with Crippen LogP contribution in [0.25, 0.3) is 0 Å². The minimum absolute atomic E-state index is 0.0485. The van der Waals surface area contributed by atoms with Gasteiger partial charge in [0.1, 0.15) is 0 Å². The van der Waals surface area contributed by atoms with E-state index in [-0.39, 0.29) is 5.56 Å². The molecule has 20 heavy (non-hydrogen) atoms. The van der Waals surface area contributed by atoms with Gasteiger partial charge in [-0.3, -0.25) is 9.48 Å². The van der Waals surface area contributed by atoms with Gasteiger partial charge in [-0.15, -0.1) is 0 Å². The van der Waals surface area contributed by atoms with Gasteiger partial charge in [-0.1, -0.05) is 13.8 Å². The molecule has 0 aliphatic heterocycles. The van der Waals surface area contributed by atoms with Crippen LogP contribution in [-0.2, 0) is 20.1 Å². The summed E-state index contributed by atoms with van der Waals surface area (Å²) in [5, 5.41) is 4.13. The Labute approximate surface area is 118 Å². The maximum absolute atomic E-state index is 12.4. The predicted molar refractivity (Wildman–Crippen MR) is 78.7 cm³/mol. The fourth-order valence-corrected chi connectivity index (χ4v) is 2.14. The Balaban J connectivity index is 2.21. The number of aromatic nitrogens is 4. The van der Waals surface area contributed by atoms with E-state index in [2.05, 4.69) is 23.9 Å². The summed E-state index contributed by atoms with van der Waals surface area (Å²) < 4.78 is 3.46. The predicted octanol–water partition coefficient (Wildman–Crippen LogP) is 1.27. The molecule has 0 aliphatic rings. The zero-order chi connectivity index (χ0) is 14.7. The number of rotatable bonds is 5. The van der Waals surface area contributed by atoms with Gasteiger partial charge in [-0.2, -0.15) is 5.10 Å². The van der Waals surface area contributed by atoms with E-state index in [1.165, 1.54) is 0 Å². The Bertz CT molecular complexity index is 628.